The first-order valence-electron chi connectivity index (χ1n) is 8.02. The van der Waals surface area contributed by atoms with Crippen LogP contribution in [0.3, 0.4) is 0 Å². The van der Waals surface area contributed by atoms with Crippen molar-refractivity contribution < 1.29 is 9.84 Å². The van der Waals surface area contributed by atoms with Gasteiger partial charge in [-0.1, -0.05) is 18.2 Å². The lowest BCUT2D eigenvalue weighted by molar-refractivity contribution is 0.158. The van der Waals surface area contributed by atoms with Gasteiger partial charge in [0.05, 0.1) is 13.2 Å². The fourth-order valence-electron chi connectivity index (χ4n) is 4.45. The van der Waals surface area contributed by atoms with E-state index >= 15 is 0 Å². The number of hydrogen-bond donors (Lipinski definition) is 1. The van der Waals surface area contributed by atoms with Gasteiger partial charge in [0.25, 0.3) is 0 Å². The molecule has 3 aromatic carbocycles. The van der Waals surface area contributed by atoms with Gasteiger partial charge in [-0.15, -0.1) is 0 Å². The molecule has 5 rings (SSSR count). The number of benzene rings is 3. The molecule has 2 aliphatic rings. The minimum atomic E-state index is -0.308. The minimum Gasteiger partial charge on any atom is -0.497 e. The third-order valence-electron chi connectivity index (χ3n) is 5.35. The summed E-state index contributed by atoms with van der Waals surface area (Å²) in [6.07, 6.45) is 3.73. The van der Waals surface area contributed by atoms with E-state index < -0.39 is 0 Å². The summed E-state index contributed by atoms with van der Waals surface area (Å²) in [6.45, 7) is 0. The summed E-state index contributed by atoms with van der Waals surface area (Å²) < 4.78 is 5.44. The molecule has 3 aromatic rings. The van der Waals surface area contributed by atoms with Gasteiger partial charge in [-0.05, 0) is 81.6 Å². The first-order chi connectivity index (χ1) is 10.8. The number of aryl methyl sites for hydroxylation is 1. The van der Waals surface area contributed by atoms with Crippen molar-refractivity contribution in [3.8, 4) is 5.75 Å². The van der Waals surface area contributed by atoms with Crippen molar-refractivity contribution in [2.24, 2.45) is 0 Å². The number of aliphatic hydroxyl groups is 1. The van der Waals surface area contributed by atoms with E-state index in [-0.39, 0.29) is 6.10 Å². The Balaban J connectivity index is 1.94. The number of hydrogen-bond acceptors (Lipinski definition) is 2. The van der Waals surface area contributed by atoms with Crippen molar-refractivity contribution in [3.05, 3.63) is 52.6 Å². The average molecular weight is 290 g/mol. The number of methoxy groups -OCH3 is 1. The summed E-state index contributed by atoms with van der Waals surface area (Å²) in [5, 5.41) is 15.7. The molecule has 0 heterocycles. The molecule has 2 heteroatoms. The second-order valence-corrected chi connectivity index (χ2v) is 6.57. The average Bonchev–Trinajstić information content (AvgIpc) is 2.90. The van der Waals surface area contributed by atoms with Crippen LogP contribution < -0.4 is 4.74 Å². The highest BCUT2D eigenvalue weighted by molar-refractivity contribution is 6.15. The summed E-state index contributed by atoms with van der Waals surface area (Å²) in [4.78, 5) is 0. The van der Waals surface area contributed by atoms with E-state index in [1.807, 2.05) is 0 Å². The van der Waals surface area contributed by atoms with Crippen LogP contribution in [-0.4, -0.2) is 12.2 Å². The molecule has 22 heavy (non-hydrogen) atoms. The molecule has 0 fully saturated rings. The van der Waals surface area contributed by atoms with E-state index in [1.165, 1.54) is 43.8 Å². The van der Waals surface area contributed by atoms with E-state index in [0.717, 1.165) is 31.4 Å². The van der Waals surface area contributed by atoms with Gasteiger partial charge >= 0.3 is 0 Å². The van der Waals surface area contributed by atoms with Gasteiger partial charge in [0.2, 0.25) is 0 Å². The standard InChI is InChI=1S/C20H18O2/c1-22-15-9-12-5-6-16-19-11(3-2-4-17(19)21)7-13-8-14(10-15)18(12)20(13)16/h5-7,9-10,17,21H,2-4,8H2,1H3. The fraction of sp³-hybridized carbons (Fsp3) is 0.300. The highest BCUT2D eigenvalue weighted by atomic mass is 16.5. The first-order valence-corrected chi connectivity index (χ1v) is 8.02. The molecule has 2 nitrogen and oxygen atoms in total. The fourth-order valence-corrected chi connectivity index (χ4v) is 4.45. The first kappa shape index (κ1) is 12.5. The van der Waals surface area contributed by atoms with Gasteiger partial charge in [-0.2, -0.15) is 0 Å². The number of aliphatic hydroxyl groups excluding tert-OH is 1. The molecule has 2 aliphatic carbocycles. The van der Waals surface area contributed by atoms with Gasteiger partial charge in [-0.3, -0.25) is 0 Å². The van der Waals surface area contributed by atoms with Crippen LogP contribution in [0.1, 0.15) is 41.2 Å². The Kier molecular flexibility index (Phi) is 2.40. The van der Waals surface area contributed by atoms with E-state index in [0.29, 0.717) is 0 Å². The summed E-state index contributed by atoms with van der Waals surface area (Å²) in [7, 11) is 1.73. The molecule has 1 N–H and O–H groups in total. The zero-order valence-electron chi connectivity index (χ0n) is 12.6. The second kappa shape index (κ2) is 4.23. The molecule has 1 atom stereocenters. The monoisotopic (exact) mass is 290 g/mol. The van der Waals surface area contributed by atoms with E-state index in [9.17, 15) is 5.11 Å². The zero-order valence-corrected chi connectivity index (χ0v) is 12.6. The lowest BCUT2D eigenvalue weighted by atomic mass is 9.84. The minimum absolute atomic E-state index is 0.308. The van der Waals surface area contributed by atoms with Crippen molar-refractivity contribution in [2.45, 2.75) is 31.8 Å². The van der Waals surface area contributed by atoms with E-state index in [2.05, 4.69) is 30.3 Å². The van der Waals surface area contributed by atoms with Crippen molar-refractivity contribution in [1.29, 1.82) is 0 Å². The normalized spacial score (nSPS) is 19.1. The molecule has 1 unspecified atom stereocenters. The Morgan fingerprint density at radius 3 is 2.77 bits per heavy atom. The Morgan fingerprint density at radius 1 is 1.05 bits per heavy atom. The predicted molar refractivity (Wildman–Crippen MR) is 88.7 cm³/mol. The van der Waals surface area contributed by atoms with Gasteiger partial charge in [0.15, 0.2) is 0 Å². The van der Waals surface area contributed by atoms with Gasteiger partial charge in [0.1, 0.15) is 5.75 Å². The molecular weight excluding hydrogens is 272 g/mol. The van der Waals surface area contributed by atoms with Crippen LogP contribution in [0.2, 0.25) is 0 Å². The van der Waals surface area contributed by atoms with Crippen LogP contribution in [0.5, 0.6) is 5.75 Å². The van der Waals surface area contributed by atoms with Crippen molar-refractivity contribution >= 4 is 21.5 Å². The molecule has 110 valence electrons. The van der Waals surface area contributed by atoms with Gasteiger partial charge < -0.3 is 9.84 Å². The summed E-state index contributed by atoms with van der Waals surface area (Å²) in [5.74, 6) is 0.930. The molecule has 0 saturated heterocycles. The van der Waals surface area contributed by atoms with Crippen LogP contribution in [-0.2, 0) is 12.8 Å². The number of ether oxygens (including phenoxy) is 1. The SMILES string of the molecule is COc1cc2c3c(ccc4c5c(cc(c43)C2)CCCC5O)c1. The van der Waals surface area contributed by atoms with Crippen LogP contribution in [0.15, 0.2) is 30.3 Å². The highest BCUT2D eigenvalue weighted by Crippen LogP contribution is 2.45. The largest absolute Gasteiger partial charge is 0.497 e. The zero-order chi connectivity index (χ0) is 14.8. The van der Waals surface area contributed by atoms with Crippen LogP contribution in [0.25, 0.3) is 21.5 Å². The van der Waals surface area contributed by atoms with Gasteiger partial charge in [-0.25, -0.2) is 0 Å². The summed E-state index contributed by atoms with van der Waals surface area (Å²) >= 11 is 0. The molecule has 0 spiro atoms. The van der Waals surface area contributed by atoms with Gasteiger partial charge in [0, 0.05) is 0 Å². The number of rotatable bonds is 1. The molecule has 0 aliphatic heterocycles. The summed E-state index contributed by atoms with van der Waals surface area (Å²) in [6, 6.07) is 11.0. The Hall–Kier alpha value is -2.06. The molecule has 0 radical (unpaired) electrons. The molecule has 0 amide bonds. The van der Waals surface area contributed by atoms with Crippen LogP contribution >= 0.6 is 0 Å². The smallest absolute Gasteiger partial charge is 0.119 e. The maximum absolute atomic E-state index is 10.5. The second-order valence-electron chi connectivity index (χ2n) is 6.57. The maximum atomic E-state index is 10.5. The Morgan fingerprint density at radius 2 is 1.91 bits per heavy atom. The highest BCUT2D eigenvalue weighted by Gasteiger charge is 2.26. The topological polar surface area (TPSA) is 29.5 Å². The third-order valence-corrected chi connectivity index (χ3v) is 5.35. The van der Waals surface area contributed by atoms with Crippen LogP contribution in [0, 0.1) is 0 Å². The summed E-state index contributed by atoms with van der Waals surface area (Å²) in [5.41, 5.74) is 5.29. The Bertz CT molecular complexity index is 940. The van der Waals surface area contributed by atoms with E-state index in [4.69, 9.17) is 4.74 Å². The Labute approximate surface area is 129 Å². The quantitative estimate of drug-likeness (QED) is 0.530. The maximum Gasteiger partial charge on any atom is 0.119 e. The lowest BCUT2D eigenvalue weighted by Gasteiger charge is -2.24. The van der Waals surface area contributed by atoms with Crippen LogP contribution in [0.4, 0.5) is 0 Å². The molecule has 0 bridgehead atoms. The predicted octanol–water partition coefficient (Wildman–Crippen LogP) is 4.28. The molecular formula is C20H18O2. The van der Waals surface area contributed by atoms with Crippen molar-refractivity contribution in [2.75, 3.05) is 7.11 Å². The lowest BCUT2D eigenvalue weighted by Crippen LogP contribution is -2.10. The molecule has 0 saturated carbocycles. The third kappa shape index (κ3) is 1.48. The van der Waals surface area contributed by atoms with Crippen molar-refractivity contribution in [1.82, 2.24) is 0 Å². The molecule has 0 aromatic heterocycles. The van der Waals surface area contributed by atoms with E-state index in [1.54, 1.807) is 7.11 Å². The number of fused-ring (bicyclic) bond motifs is 2. The van der Waals surface area contributed by atoms with Crippen molar-refractivity contribution in [3.63, 3.8) is 0 Å².